The monoisotopic (exact) mass is 441 g/mol. The molecule has 6 nitrogen and oxygen atoms in total. The van der Waals surface area contributed by atoms with Gasteiger partial charge in [0.15, 0.2) is 5.72 Å². The Kier molecular flexibility index (Phi) is 5.08. The van der Waals surface area contributed by atoms with Crippen LogP contribution in [0.25, 0.3) is 0 Å². The van der Waals surface area contributed by atoms with E-state index in [1.807, 2.05) is 63.2 Å². The molecule has 3 aromatic rings. The average molecular weight is 442 g/mol. The summed E-state index contributed by atoms with van der Waals surface area (Å²) in [4.78, 5) is 27.6. The molecule has 2 heterocycles. The number of hydrogen-bond acceptors (Lipinski definition) is 3. The van der Waals surface area contributed by atoms with E-state index in [2.05, 4.69) is 16.7 Å². The van der Waals surface area contributed by atoms with Crippen molar-refractivity contribution in [2.24, 2.45) is 0 Å². The van der Waals surface area contributed by atoms with Crippen LogP contribution < -0.4 is 20.3 Å². The molecule has 168 valence electrons. The van der Waals surface area contributed by atoms with Crippen LogP contribution in [0.4, 0.5) is 10.5 Å². The lowest BCUT2D eigenvalue weighted by Gasteiger charge is -2.50. The summed E-state index contributed by atoms with van der Waals surface area (Å²) in [5.74, 6) is 0.583. The van der Waals surface area contributed by atoms with Gasteiger partial charge in [-0.1, -0.05) is 53.6 Å². The van der Waals surface area contributed by atoms with Crippen molar-refractivity contribution in [1.82, 2.24) is 10.6 Å². The van der Waals surface area contributed by atoms with E-state index in [4.69, 9.17) is 4.74 Å². The Morgan fingerprint density at radius 3 is 2.64 bits per heavy atom. The number of urea groups is 1. The van der Waals surface area contributed by atoms with Crippen LogP contribution in [0.15, 0.2) is 66.7 Å². The Labute approximate surface area is 193 Å². The first kappa shape index (κ1) is 21.1. The fourth-order valence-electron chi connectivity index (χ4n) is 4.66. The quantitative estimate of drug-likeness (QED) is 0.598. The molecule has 0 unspecified atom stereocenters. The van der Waals surface area contributed by atoms with Crippen LogP contribution in [0.1, 0.15) is 52.0 Å². The fourth-order valence-corrected chi connectivity index (χ4v) is 4.66. The number of carbonyl (C=O) groups is 2. The number of aryl methyl sites for hydroxylation is 2. The molecule has 3 aromatic carbocycles. The predicted octanol–water partition coefficient (Wildman–Crippen LogP) is 5.00. The summed E-state index contributed by atoms with van der Waals surface area (Å²) in [6.45, 7) is 6.42. The van der Waals surface area contributed by atoms with Crippen LogP contribution >= 0.6 is 0 Å². The predicted molar refractivity (Wildman–Crippen MR) is 127 cm³/mol. The number of ether oxygens (including phenoxy) is 1. The molecule has 0 radical (unpaired) electrons. The number of nitrogens with zero attached hydrogens (tertiary/aromatic N) is 1. The summed E-state index contributed by atoms with van der Waals surface area (Å²) in [6.07, 6.45) is 0.610. The van der Waals surface area contributed by atoms with Crippen molar-refractivity contribution in [2.75, 3.05) is 4.90 Å². The molecule has 6 heteroatoms. The zero-order valence-corrected chi connectivity index (χ0v) is 19.0. The van der Waals surface area contributed by atoms with Crippen LogP contribution in [-0.4, -0.2) is 17.7 Å². The van der Waals surface area contributed by atoms with Crippen LogP contribution in [0.5, 0.6) is 5.75 Å². The molecule has 2 atom stereocenters. The lowest BCUT2D eigenvalue weighted by Crippen LogP contribution is -2.65. The second kappa shape index (κ2) is 7.96. The molecule has 0 saturated carbocycles. The topological polar surface area (TPSA) is 70.7 Å². The third kappa shape index (κ3) is 3.93. The van der Waals surface area contributed by atoms with E-state index < -0.39 is 5.72 Å². The van der Waals surface area contributed by atoms with Gasteiger partial charge in [-0.25, -0.2) is 4.79 Å². The van der Waals surface area contributed by atoms with Gasteiger partial charge in [-0.3, -0.25) is 9.69 Å². The highest BCUT2D eigenvalue weighted by molar-refractivity contribution is 5.99. The minimum Gasteiger partial charge on any atom is -0.467 e. The fraction of sp³-hybridized carbons (Fsp3) is 0.259. The maximum atomic E-state index is 13.2. The molecule has 0 spiro atoms. The van der Waals surface area contributed by atoms with Gasteiger partial charge in [0.2, 0.25) is 0 Å². The van der Waals surface area contributed by atoms with Crippen molar-refractivity contribution in [3.63, 3.8) is 0 Å². The maximum absolute atomic E-state index is 13.2. The summed E-state index contributed by atoms with van der Waals surface area (Å²) in [6, 6.07) is 20.8. The highest BCUT2D eigenvalue weighted by Gasteiger charge is 2.49. The Hall–Kier alpha value is -3.80. The molecule has 3 amide bonds. The Morgan fingerprint density at radius 2 is 1.85 bits per heavy atom. The van der Waals surface area contributed by atoms with E-state index >= 15 is 0 Å². The van der Waals surface area contributed by atoms with Crippen molar-refractivity contribution in [1.29, 1.82) is 0 Å². The molecular weight excluding hydrogens is 414 g/mol. The minimum atomic E-state index is -0.855. The van der Waals surface area contributed by atoms with Gasteiger partial charge >= 0.3 is 6.03 Å². The van der Waals surface area contributed by atoms with Gasteiger partial charge in [0.25, 0.3) is 5.91 Å². The summed E-state index contributed by atoms with van der Waals surface area (Å²) in [7, 11) is 0. The van der Waals surface area contributed by atoms with E-state index in [1.165, 1.54) is 5.56 Å². The number of carbonyl (C=O) groups excluding carboxylic acids is 2. The Bertz CT molecular complexity index is 1240. The molecule has 2 aliphatic heterocycles. The molecule has 2 N–H and O–H groups in total. The summed E-state index contributed by atoms with van der Waals surface area (Å²) < 4.78 is 6.36. The van der Waals surface area contributed by atoms with E-state index in [0.29, 0.717) is 24.2 Å². The summed E-state index contributed by atoms with van der Waals surface area (Å²) in [5.41, 5.74) is 4.59. The van der Waals surface area contributed by atoms with Crippen LogP contribution in [-0.2, 0) is 6.54 Å². The summed E-state index contributed by atoms with van der Waals surface area (Å²) in [5, 5.41) is 6.07. The highest BCUT2D eigenvalue weighted by Crippen LogP contribution is 2.45. The maximum Gasteiger partial charge on any atom is 0.325 e. The first-order valence-corrected chi connectivity index (χ1v) is 11.2. The molecule has 1 fully saturated rings. The Morgan fingerprint density at radius 1 is 1.09 bits per heavy atom. The van der Waals surface area contributed by atoms with Crippen molar-refractivity contribution < 1.29 is 14.3 Å². The zero-order valence-electron chi connectivity index (χ0n) is 19.0. The zero-order chi connectivity index (χ0) is 23.2. The van der Waals surface area contributed by atoms with Gasteiger partial charge in [0.1, 0.15) is 5.75 Å². The number of fused-ring (bicyclic) bond motifs is 4. The lowest BCUT2D eigenvalue weighted by molar-refractivity contribution is 0.0378. The van der Waals surface area contributed by atoms with Gasteiger partial charge in [0.05, 0.1) is 11.7 Å². The highest BCUT2D eigenvalue weighted by atomic mass is 16.5. The standard InChI is InChI=1S/C27H27N3O3/c1-17-7-10-19(11-8-17)16-28-25(31)20-5-4-6-21(14-20)30-26(32)29-23-15-27(30,3)33-24-12-9-18(2)13-22(23)24/h4-14,23H,15-16H2,1-3H3,(H,28,31)(H,29,32)/t23-,27+/m0/s1. The minimum absolute atomic E-state index is 0.108. The molecule has 2 bridgehead atoms. The van der Waals surface area contributed by atoms with E-state index in [-0.39, 0.29) is 18.0 Å². The normalized spacial score (nSPS) is 21.0. The molecule has 33 heavy (non-hydrogen) atoms. The number of anilines is 1. The van der Waals surface area contributed by atoms with Crippen molar-refractivity contribution in [3.8, 4) is 5.75 Å². The molecule has 0 aliphatic carbocycles. The van der Waals surface area contributed by atoms with Gasteiger partial charge < -0.3 is 15.4 Å². The number of nitrogens with one attached hydrogen (secondary N) is 2. The number of benzene rings is 3. The van der Waals surface area contributed by atoms with E-state index in [0.717, 1.165) is 22.4 Å². The first-order valence-electron chi connectivity index (χ1n) is 11.2. The van der Waals surface area contributed by atoms with Gasteiger partial charge in [-0.2, -0.15) is 0 Å². The van der Waals surface area contributed by atoms with Crippen molar-refractivity contribution >= 4 is 17.6 Å². The van der Waals surface area contributed by atoms with E-state index in [9.17, 15) is 9.59 Å². The molecule has 5 rings (SSSR count). The van der Waals surface area contributed by atoms with Gasteiger partial charge in [0, 0.05) is 24.1 Å². The van der Waals surface area contributed by atoms with Gasteiger partial charge in [-0.15, -0.1) is 0 Å². The SMILES string of the molecule is Cc1ccc(CNC(=O)c2cccc(N3C(=O)N[C@H]4C[C@@]3(C)Oc3ccc(C)cc34)c2)cc1. The van der Waals surface area contributed by atoms with Gasteiger partial charge in [-0.05, 0) is 50.6 Å². The first-order chi connectivity index (χ1) is 15.8. The van der Waals surface area contributed by atoms with Crippen LogP contribution in [0, 0.1) is 13.8 Å². The third-order valence-corrected chi connectivity index (χ3v) is 6.37. The average Bonchev–Trinajstić information content (AvgIpc) is 2.79. The molecule has 2 aliphatic rings. The molecule has 0 aromatic heterocycles. The third-order valence-electron chi connectivity index (χ3n) is 6.37. The van der Waals surface area contributed by atoms with Crippen LogP contribution in [0.3, 0.4) is 0 Å². The number of rotatable bonds is 4. The second-order valence-electron chi connectivity index (χ2n) is 9.08. The van der Waals surface area contributed by atoms with Crippen LogP contribution in [0.2, 0.25) is 0 Å². The smallest absolute Gasteiger partial charge is 0.325 e. The number of amides is 3. The summed E-state index contributed by atoms with van der Waals surface area (Å²) >= 11 is 0. The number of hydrogen-bond donors (Lipinski definition) is 2. The Balaban J connectivity index is 1.39. The van der Waals surface area contributed by atoms with E-state index in [1.54, 1.807) is 23.1 Å². The second-order valence-corrected chi connectivity index (χ2v) is 9.08. The molecular formula is C27H27N3O3. The largest absolute Gasteiger partial charge is 0.467 e. The van der Waals surface area contributed by atoms with Crippen molar-refractivity contribution in [3.05, 3.63) is 94.5 Å². The molecule has 1 saturated heterocycles. The lowest BCUT2D eigenvalue weighted by atomic mass is 9.89. The van der Waals surface area contributed by atoms with Crippen molar-refractivity contribution in [2.45, 2.75) is 45.5 Å².